The van der Waals surface area contributed by atoms with Crippen LogP contribution in [0.1, 0.15) is 33.3 Å². The standard InChI is InChI=1S/C29H25N3O5S/c1-17-6-4-5-7-21(17)16-37-23-14-10-20(11-15-23)26(33)24-25(19-8-12-22(36-3)13-9-19)32(28(35)27(24)34)29-31-30-18(2)38-29/h4-15,25,33H,16H2,1-3H3/b26-24+/t25-/m0/s1. The quantitative estimate of drug-likeness (QED) is 0.196. The molecule has 1 saturated heterocycles. The van der Waals surface area contributed by atoms with E-state index in [1.807, 2.05) is 31.2 Å². The molecule has 38 heavy (non-hydrogen) atoms. The summed E-state index contributed by atoms with van der Waals surface area (Å²) in [6, 6.07) is 20.8. The number of ketones is 1. The number of carbonyl (C=O) groups is 2. The second-order valence-electron chi connectivity index (χ2n) is 8.79. The summed E-state index contributed by atoms with van der Waals surface area (Å²) in [7, 11) is 1.56. The third-order valence-electron chi connectivity index (χ3n) is 6.38. The van der Waals surface area contributed by atoms with E-state index in [9.17, 15) is 14.7 Å². The van der Waals surface area contributed by atoms with Crippen LogP contribution in [0.15, 0.2) is 78.4 Å². The number of carbonyl (C=O) groups excluding carboxylic acids is 2. The molecule has 1 fully saturated rings. The molecule has 4 aromatic rings. The molecule has 1 amide bonds. The van der Waals surface area contributed by atoms with Gasteiger partial charge in [0.1, 0.15) is 28.9 Å². The maximum absolute atomic E-state index is 13.3. The van der Waals surface area contributed by atoms with Crippen molar-refractivity contribution in [1.29, 1.82) is 0 Å². The van der Waals surface area contributed by atoms with Gasteiger partial charge in [-0.1, -0.05) is 47.7 Å². The Balaban J connectivity index is 1.50. The van der Waals surface area contributed by atoms with E-state index in [-0.39, 0.29) is 16.5 Å². The summed E-state index contributed by atoms with van der Waals surface area (Å²) in [5, 5.41) is 20.4. The Morgan fingerprint density at radius 1 is 0.947 bits per heavy atom. The predicted octanol–water partition coefficient (Wildman–Crippen LogP) is 5.37. The van der Waals surface area contributed by atoms with Crippen LogP contribution in [-0.4, -0.2) is 34.1 Å². The summed E-state index contributed by atoms with van der Waals surface area (Å²) in [6.45, 7) is 4.20. The number of methoxy groups -OCH3 is 1. The van der Waals surface area contributed by atoms with E-state index in [0.29, 0.717) is 34.2 Å². The highest BCUT2D eigenvalue weighted by atomic mass is 32.1. The average Bonchev–Trinajstić information content (AvgIpc) is 3.48. The van der Waals surface area contributed by atoms with Crippen molar-refractivity contribution in [1.82, 2.24) is 10.2 Å². The van der Waals surface area contributed by atoms with Crippen LogP contribution in [0.4, 0.5) is 5.13 Å². The van der Waals surface area contributed by atoms with Crippen LogP contribution in [-0.2, 0) is 16.2 Å². The number of hydrogen-bond acceptors (Lipinski definition) is 8. The maximum atomic E-state index is 13.3. The molecular formula is C29H25N3O5S. The number of aryl methyl sites for hydroxylation is 2. The molecule has 0 bridgehead atoms. The van der Waals surface area contributed by atoms with Crippen molar-refractivity contribution < 1.29 is 24.2 Å². The monoisotopic (exact) mass is 527 g/mol. The van der Waals surface area contributed by atoms with Gasteiger partial charge in [0.15, 0.2) is 0 Å². The molecule has 0 unspecified atom stereocenters. The molecule has 3 aromatic carbocycles. The fourth-order valence-corrected chi connectivity index (χ4v) is 5.03. The molecule has 8 nitrogen and oxygen atoms in total. The number of aromatic nitrogens is 2. The summed E-state index contributed by atoms with van der Waals surface area (Å²) in [6.07, 6.45) is 0. The Morgan fingerprint density at radius 2 is 1.63 bits per heavy atom. The Kier molecular flexibility index (Phi) is 6.93. The minimum absolute atomic E-state index is 0.0263. The van der Waals surface area contributed by atoms with Gasteiger partial charge in [-0.3, -0.25) is 14.5 Å². The van der Waals surface area contributed by atoms with Crippen LogP contribution in [0.5, 0.6) is 11.5 Å². The molecule has 1 atom stereocenters. The number of aliphatic hydroxyl groups is 1. The van der Waals surface area contributed by atoms with E-state index < -0.39 is 17.7 Å². The van der Waals surface area contributed by atoms with Crippen LogP contribution in [0.25, 0.3) is 5.76 Å². The van der Waals surface area contributed by atoms with Crippen molar-refractivity contribution in [2.75, 3.05) is 12.0 Å². The zero-order valence-corrected chi connectivity index (χ0v) is 21.9. The fraction of sp³-hybridized carbons (Fsp3) is 0.172. The van der Waals surface area contributed by atoms with E-state index in [4.69, 9.17) is 9.47 Å². The molecule has 192 valence electrons. The molecule has 0 radical (unpaired) electrons. The highest BCUT2D eigenvalue weighted by Gasteiger charge is 2.48. The second kappa shape index (κ2) is 10.5. The number of rotatable bonds is 7. The van der Waals surface area contributed by atoms with Crippen molar-refractivity contribution in [2.24, 2.45) is 0 Å². The Hall–Kier alpha value is -4.50. The Bertz CT molecular complexity index is 1530. The molecule has 0 saturated carbocycles. The number of ether oxygens (including phenoxy) is 2. The third kappa shape index (κ3) is 4.76. The molecule has 0 spiro atoms. The van der Waals surface area contributed by atoms with Gasteiger partial charge < -0.3 is 14.6 Å². The first-order valence-corrected chi connectivity index (χ1v) is 12.7. The van der Waals surface area contributed by atoms with Gasteiger partial charge in [0.2, 0.25) is 5.13 Å². The number of aliphatic hydroxyl groups excluding tert-OH is 1. The van der Waals surface area contributed by atoms with Gasteiger partial charge in [-0.2, -0.15) is 0 Å². The molecule has 1 aliphatic heterocycles. The van der Waals surface area contributed by atoms with Gasteiger partial charge in [-0.25, -0.2) is 0 Å². The van der Waals surface area contributed by atoms with Gasteiger partial charge in [0.05, 0.1) is 18.7 Å². The molecule has 1 aliphatic rings. The van der Waals surface area contributed by atoms with Crippen molar-refractivity contribution in [3.63, 3.8) is 0 Å². The first kappa shape index (κ1) is 25.2. The second-order valence-corrected chi connectivity index (χ2v) is 9.95. The molecular weight excluding hydrogens is 502 g/mol. The number of Topliss-reactive ketones (excluding diaryl/α,β-unsaturated/α-hetero) is 1. The smallest absolute Gasteiger partial charge is 0.301 e. The maximum Gasteiger partial charge on any atom is 0.301 e. The van der Waals surface area contributed by atoms with E-state index in [1.54, 1.807) is 62.6 Å². The normalized spacial score (nSPS) is 16.6. The van der Waals surface area contributed by atoms with Gasteiger partial charge in [-0.05, 0) is 66.9 Å². The molecule has 9 heteroatoms. The molecule has 0 aliphatic carbocycles. The molecule has 1 aromatic heterocycles. The van der Waals surface area contributed by atoms with E-state index in [0.717, 1.165) is 11.1 Å². The minimum atomic E-state index is -0.884. The number of amides is 1. The molecule has 2 heterocycles. The summed E-state index contributed by atoms with van der Waals surface area (Å²) < 4.78 is 11.2. The summed E-state index contributed by atoms with van der Waals surface area (Å²) >= 11 is 1.20. The lowest BCUT2D eigenvalue weighted by molar-refractivity contribution is -0.132. The lowest BCUT2D eigenvalue weighted by Crippen LogP contribution is -2.29. The first-order chi connectivity index (χ1) is 18.4. The highest BCUT2D eigenvalue weighted by Crippen LogP contribution is 2.43. The first-order valence-electron chi connectivity index (χ1n) is 11.9. The molecule has 5 rings (SSSR count). The van der Waals surface area contributed by atoms with Crippen LogP contribution in [0, 0.1) is 13.8 Å². The zero-order chi connectivity index (χ0) is 26.8. The number of hydrogen-bond donors (Lipinski definition) is 1. The van der Waals surface area contributed by atoms with Crippen molar-refractivity contribution in [3.8, 4) is 11.5 Å². The van der Waals surface area contributed by atoms with Gasteiger partial charge in [0, 0.05) is 5.56 Å². The van der Waals surface area contributed by atoms with E-state index in [2.05, 4.69) is 10.2 Å². The summed E-state index contributed by atoms with van der Waals surface area (Å²) in [5.41, 5.74) is 3.19. The summed E-state index contributed by atoms with van der Waals surface area (Å²) in [4.78, 5) is 27.8. The number of anilines is 1. The van der Waals surface area contributed by atoms with Crippen LogP contribution < -0.4 is 14.4 Å². The van der Waals surface area contributed by atoms with Crippen LogP contribution in [0.3, 0.4) is 0 Å². The lowest BCUT2D eigenvalue weighted by Gasteiger charge is -2.22. The van der Waals surface area contributed by atoms with Gasteiger partial charge in [0.25, 0.3) is 5.78 Å². The van der Waals surface area contributed by atoms with E-state index >= 15 is 0 Å². The Morgan fingerprint density at radius 3 is 2.26 bits per heavy atom. The van der Waals surface area contributed by atoms with Crippen LogP contribution >= 0.6 is 11.3 Å². The van der Waals surface area contributed by atoms with Crippen LogP contribution in [0.2, 0.25) is 0 Å². The zero-order valence-electron chi connectivity index (χ0n) is 21.0. The van der Waals surface area contributed by atoms with Crippen molar-refractivity contribution in [3.05, 3.63) is 106 Å². The predicted molar refractivity (Wildman–Crippen MR) is 144 cm³/mol. The third-order valence-corrected chi connectivity index (χ3v) is 7.22. The van der Waals surface area contributed by atoms with Gasteiger partial charge in [-0.15, -0.1) is 10.2 Å². The highest BCUT2D eigenvalue weighted by molar-refractivity contribution is 7.15. The average molecular weight is 528 g/mol. The van der Waals surface area contributed by atoms with Crippen molar-refractivity contribution >= 4 is 33.9 Å². The molecule has 1 N–H and O–H groups in total. The SMILES string of the molecule is COc1ccc([C@H]2/C(=C(\O)c3ccc(OCc4ccccc4C)cc3)C(=O)C(=O)N2c2nnc(C)s2)cc1. The Labute approximate surface area is 223 Å². The lowest BCUT2D eigenvalue weighted by atomic mass is 9.95. The fourth-order valence-electron chi connectivity index (χ4n) is 4.31. The van der Waals surface area contributed by atoms with Crippen molar-refractivity contribution in [2.45, 2.75) is 26.5 Å². The van der Waals surface area contributed by atoms with Gasteiger partial charge >= 0.3 is 5.91 Å². The topological polar surface area (TPSA) is 102 Å². The van der Waals surface area contributed by atoms with E-state index in [1.165, 1.54) is 16.2 Å². The largest absolute Gasteiger partial charge is 0.507 e. The number of benzene rings is 3. The minimum Gasteiger partial charge on any atom is -0.507 e. The number of nitrogens with zero attached hydrogens (tertiary/aromatic N) is 3. The summed E-state index contributed by atoms with van der Waals surface area (Å²) in [5.74, 6) is -0.615.